The van der Waals surface area contributed by atoms with E-state index in [1.807, 2.05) is 24.3 Å². The molecule has 5 rings (SSSR count). The van der Waals surface area contributed by atoms with E-state index in [4.69, 9.17) is 4.74 Å². The Hall–Kier alpha value is -1.84. The topological polar surface area (TPSA) is 46.6 Å². The maximum atomic E-state index is 12.9. The van der Waals surface area contributed by atoms with Crippen LogP contribution in [-0.2, 0) is 4.79 Å². The number of rotatable bonds is 1. The van der Waals surface area contributed by atoms with Crippen LogP contribution in [0.1, 0.15) is 48.9 Å². The van der Waals surface area contributed by atoms with Gasteiger partial charge in [0.2, 0.25) is 5.91 Å². The third-order valence-corrected chi connectivity index (χ3v) is 6.59. The molecule has 1 saturated heterocycles. The number of likely N-dealkylation sites (tertiary alicyclic amines) is 1. The van der Waals surface area contributed by atoms with Crippen molar-refractivity contribution in [3.63, 3.8) is 0 Å². The molecule has 1 aromatic carbocycles. The Kier molecular flexibility index (Phi) is 3.07. The molecule has 2 aliphatic heterocycles. The van der Waals surface area contributed by atoms with Crippen LogP contribution >= 0.6 is 0 Å². The molecule has 2 saturated carbocycles. The molecule has 4 atom stereocenters. The second-order valence-electron chi connectivity index (χ2n) is 7.90. The number of nitrogens with zero attached hydrogens (tertiary/aromatic N) is 1. The lowest BCUT2D eigenvalue weighted by Crippen LogP contribution is -2.45. The van der Waals surface area contributed by atoms with Crippen molar-refractivity contribution in [1.82, 2.24) is 4.90 Å². The first-order valence-corrected chi connectivity index (χ1v) is 9.30. The van der Waals surface area contributed by atoms with Crippen LogP contribution in [-0.4, -0.2) is 35.3 Å². The van der Waals surface area contributed by atoms with Crippen LogP contribution in [0.25, 0.3) is 0 Å². The summed E-state index contributed by atoms with van der Waals surface area (Å²) < 4.78 is 6.38. The summed E-state index contributed by atoms with van der Waals surface area (Å²) in [5, 5.41) is 0. The van der Waals surface area contributed by atoms with Crippen molar-refractivity contribution in [1.29, 1.82) is 0 Å². The standard InChI is InChI=1S/C20H23NO3/c22-15-12-20(24-16-7-3-2-6-13(15)16)9-8-14-17(18(14)20)19(23)21-10-4-1-5-11-21/h2-3,6-7,14,17-18H,1,4-5,8-12H2/t14-,17+,18+,20+/m1/s1. The molecule has 1 aromatic rings. The van der Waals surface area contributed by atoms with Gasteiger partial charge in [-0.2, -0.15) is 0 Å². The Labute approximate surface area is 142 Å². The first-order valence-electron chi connectivity index (χ1n) is 9.30. The van der Waals surface area contributed by atoms with E-state index in [0.717, 1.165) is 38.8 Å². The fourth-order valence-electron chi connectivity index (χ4n) is 5.42. The van der Waals surface area contributed by atoms with Gasteiger partial charge in [-0.1, -0.05) is 12.1 Å². The normalized spacial score (nSPS) is 36.9. The number of carbonyl (C=O) groups is 2. The fraction of sp³-hybridized carbons (Fsp3) is 0.600. The van der Waals surface area contributed by atoms with Gasteiger partial charge >= 0.3 is 0 Å². The maximum Gasteiger partial charge on any atom is 0.226 e. The zero-order valence-corrected chi connectivity index (χ0v) is 13.9. The summed E-state index contributed by atoms with van der Waals surface area (Å²) in [6.45, 7) is 1.81. The summed E-state index contributed by atoms with van der Waals surface area (Å²) in [6, 6.07) is 7.54. The number of amides is 1. The molecule has 126 valence electrons. The SMILES string of the molecule is O=C1C[C@]2(CC[C@@H]3[C@H](C(=O)N4CCCCC4)[C@H]32)Oc2ccccc21. The predicted molar refractivity (Wildman–Crippen MR) is 88.9 cm³/mol. The second kappa shape index (κ2) is 5.08. The van der Waals surface area contributed by atoms with Gasteiger partial charge in [-0.3, -0.25) is 9.59 Å². The first kappa shape index (κ1) is 14.5. The zero-order chi connectivity index (χ0) is 16.3. The monoisotopic (exact) mass is 325 g/mol. The quantitative estimate of drug-likeness (QED) is 0.797. The van der Waals surface area contributed by atoms with Crippen molar-refractivity contribution in [2.24, 2.45) is 17.8 Å². The average molecular weight is 325 g/mol. The summed E-state index contributed by atoms with van der Waals surface area (Å²) in [4.78, 5) is 27.6. The van der Waals surface area contributed by atoms with E-state index in [2.05, 4.69) is 4.90 Å². The number of benzene rings is 1. The van der Waals surface area contributed by atoms with Crippen molar-refractivity contribution in [3.8, 4) is 5.75 Å². The van der Waals surface area contributed by atoms with E-state index in [1.54, 1.807) is 0 Å². The van der Waals surface area contributed by atoms with E-state index >= 15 is 0 Å². The van der Waals surface area contributed by atoms with Gasteiger partial charge in [0.25, 0.3) is 0 Å². The lowest BCUT2D eigenvalue weighted by Gasteiger charge is -2.37. The van der Waals surface area contributed by atoms with Gasteiger partial charge < -0.3 is 9.64 Å². The van der Waals surface area contributed by atoms with Crippen LogP contribution in [0.4, 0.5) is 0 Å². The minimum absolute atomic E-state index is 0.0925. The van der Waals surface area contributed by atoms with E-state index in [9.17, 15) is 9.59 Å². The molecular weight excluding hydrogens is 302 g/mol. The Bertz CT molecular complexity index is 709. The number of fused-ring (bicyclic) bond motifs is 3. The molecule has 0 aromatic heterocycles. The molecule has 2 heterocycles. The third-order valence-electron chi connectivity index (χ3n) is 6.59. The maximum absolute atomic E-state index is 12.9. The third kappa shape index (κ3) is 1.98. The molecule has 1 amide bonds. The number of Topliss-reactive ketones (excluding diaryl/α,β-unsaturated/α-hetero) is 1. The average Bonchev–Trinajstić information content (AvgIpc) is 3.26. The molecule has 4 heteroatoms. The second-order valence-corrected chi connectivity index (χ2v) is 7.90. The summed E-state index contributed by atoms with van der Waals surface area (Å²) in [6.07, 6.45) is 5.85. The van der Waals surface area contributed by atoms with Crippen molar-refractivity contribution in [2.45, 2.75) is 44.1 Å². The van der Waals surface area contributed by atoms with Crippen molar-refractivity contribution in [3.05, 3.63) is 29.8 Å². The van der Waals surface area contributed by atoms with Gasteiger partial charge in [0.15, 0.2) is 5.78 Å². The highest BCUT2D eigenvalue weighted by atomic mass is 16.5. The summed E-state index contributed by atoms with van der Waals surface area (Å²) in [7, 11) is 0. The highest BCUT2D eigenvalue weighted by molar-refractivity contribution is 6.00. The molecule has 1 spiro atoms. The van der Waals surface area contributed by atoms with Crippen LogP contribution in [0, 0.1) is 17.8 Å². The number of piperidine rings is 1. The lowest BCUT2D eigenvalue weighted by atomic mass is 9.84. The molecule has 0 radical (unpaired) electrons. The number of para-hydroxylation sites is 1. The molecule has 2 aliphatic carbocycles. The Balaban J connectivity index is 1.39. The smallest absolute Gasteiger partial charge is 0.226 e. The Morgan fingerprint density at radius 1 is 1.17 bits per heavy atom. The predicted octanol–water partition coefficient (Wildman–Crippen LogP) is 3.06. The van der Waals surface area contributed by atoms with E-state index in [-0.39, 0.29) is 17.6 Å². The molecular formula is C20H23NO3. The molecule has 0 N–H and O–H groups in total. The highest BCUT2D eigenvalue weighted by Crippen LogP contribution is 2.66. The van der Waals surface area contributed by atoms with Crippen LogP contribution < -0.4 is 4.74 Å². The van der Waals surface area contributed by atoms with Gasteiger partial charge in [0, 0.05) is 24.9 Å². The fourth-order valence-corrected chi connectivity index (χ4v) is 5.42. The van der Waals surface area contributed by atoms with E-state index < -0.39 is 5.60 Å². The van der Waals surface area contributed by atoms with Crippen LogP contribution in [0.3, 0.4) is 0 Å². The van der Waals surface area contributed by atoms with Gasteiger partial charge in [-0.05, 0) is 50.2 Å². The van der Waals surface area contributed by atoms with Gasteiger partial charge in [0.05, 0.1) is 12.0 Å². The number of hydrogen-bond acceptors (Lipinski definition) is 3. The molecule has 4 nitrogen and oxygen atoms in total. The van der Waals surface area contributed by atoms with Gasteiger partial charge in [-0.25, -0.2) is 0 Å². The Morgan fingerprint density at radius 2 is 1.96 bits per heavy atom. The minimum Gasteiger partial charge on any atom is -0.486 e. The number of hydrogen-bond donors (Lipinski definition) is 0. The molecule has 24 heavy (non-hydrogen) atoms. The van der Waals surface area contributed by atoms with Crippen molar-refractivity contribution in [2.75, 3.05) is 13.1 Å². The highest BCUT2D eigenvalue weighted by Gasteiger charge is 2.71. The first-order chi connectivity index (χ1) is 11.7. The van der Waals surface area contributed by atoms with Gasteiger partial charge in [-0.15, -0.1) is 0 Å². The summed E-state index contributed by atoms with van der Waals surface area (Å²) >= 11 is 0. The zero-order valence-electron chi connectivity index (χ0n) is 13.9. The van der Waals surface area contributed by atoms with Gasteiger partial charge in [0.1, 0.15) is 11.4 Å². The molecule has 0 bridgehead atoms. The summed E-state index contributed by atoms with van der Waals surface area (Å²) in [5.41, 5.74) is 0.276. The van der Waals surface area contributed by atoms with E-state index in [1.165, 1.54) is 6.42 Å². The van der Waals surface area contributed by atoms with Crippen LogP contribution in [0.5, 0.6) is 5.75 Å². The molecule has 4 aliphatic rings. The minimum atomic E-state index is -0.424. The van der Waals surface area contributed by atoms with Crippen molar-refractivity contribution >= 4 is 11.7 Å². The lowest BCUT2D eigenvalue weighted by molar-refractivity contribution is -0.135. The van der Waals surface area contributed by atoms with Crippen molar-refractivity contribution < 1.29 is 14.3 Å². The largest absolute Gasteiger partial charge is 0.486 e. The van der Waals surface area contributed by atoms with E-state index in [0.29, 0.717) is 29.6 Å². The number of ether oxygens (including phenoxy) is 1. The molecule has 0 unspecified atom stereocenters. The number of carbonyl (C=O) groups excluding carboxylic acids is 2. The Morgan fingerprint density at radius 3 is 2.79 bits per heavy atom. The number of ketones is 1. The van der Waals surface area contributed by atoms with Crippen LogP contribution in [0.15, 0.2) is 24.3 Å². The van der Waals surface area contributed by atoms with Crippen LogP contribution in [0.2, 0.25) is 0 Å². The summed E-state index contributed by atoms with van der Waals surface area (Å²) in [5.74, 6) is 1.97. The molecule has 3 fully saturated rings.